The lowest BCUT2D eigenvalue weighted by molar-refractivity contribution is -0.132. The minimum atomic E-state index is -3.20. The molecule has 0 bridgehead atoms. The first kappa shape index (κ1) is 27.0. The van der Waals surface area contributed by atoms with Crippen LogP contribution in [0.3, 0.4) is 0 Å². The number of carbonyl (C=O) groups excluding carboxylic acids is 1. The van der Waals surface area contributed by atoms with Gasteiger partial charge < -0.3 is 9.80 Å². The van der Waals surface area contributed by atoms with Gasteiger partial charge in [-0.2, -0.15) is 0 Å². The van der Waals surface area contributed by atoms with Gasteiger partial charge in [0.2, 0.25) is 15.9 Å². The molecule has 2 aromatic rings. The number of hydrogen-bond acceptors (Lipinski definition) is 4. The van der Waals surface area contributed by atoms with Crippen molar-refractivity contribution in [3.05, 3.63) is 69.2 Å². The second kappa shape index (κ2) is 11.9. The lowest BCUT2D eigenvalue weighted by Crippen LogP contribution is -2.45. The predicted octanol–water partition coefficient (Wildman–Crippen LogP) is 4.45. The minimum absolute atomic E-state index is 0.0283. The van der Waals surface area contributed by atoms with Crippen molar-refractivity contribution >= 4 is 39.1 Å². The van der Waals surface area contributed by atoms with E-state index in [9.17, 15) is 13.2 Å². The molecular formula is C25H33Cl2N3O3S. The Morgan fingerprint density at radius 1 is 1.12 bits per heavy atom. The molecule has 1 atom stereocenters. The first-order chi connectivity index (χ1) is 16.0. The van der Waals surface area contributed by atoms with E-state index < -0.39 is 10.0 Å². The Hall–Kier alpha value is -1.64. The van der Waals surface area contributed by atoms with Crippen molar-refractivity contribution in [1.82, 2.24) is 14.5 Å². The molecule has 0 aromatic heterocycles. The highest BCUT2D eigenvalue weighted by Crippen LogP contribution is 2.30. The van der Waals surface area contributed by atoms with Crippen molar-refractivity contribution in [2.45, 2.75) is 44.7 Å². The quantitative estimate of drug-likeness (QED) is 0.525. The molecule has 9 heteroatoms. The molecule has 34 heavy (non-hydrogen) atoms. The van der Waals surface area contributed by atoms with Crippen molar-refractivity contribution in [3.8, 4) is 0 Å². The van der Waals surface area contributed by atoms with Crippen LogP contribution in [0.15, 0.2) is 42.5 Å². The third-order valence-corrected chi connectivity index (χ3v) is 7.76. The van der Waals surface area contributed by atoms with Crippen molar-refractivity contribution in [2.75, 3.05) is 32.9 Å². The number of nitrogens with one attached hydrogen (secondary N) is 1. The number of likely N-dealkylation sites (N-methyl/N-ethyl adjacent to an activating group) is 1. The number of benzene rings is 2. The zero-order valence-electron chi connectivity index (χ0n) is 19.9. The van der Waals surface area contributed by atoms with Gasteiger partial charge in [0.15, 0.2) is 0 Å². The normalized spacial score (nSPS) is 16.4. The van der Waals surface area contributed by atoms with Crippen LogP contribution in [0.25, 0.3) is 0 Å². The predicted molar refractivity (Wildman–Crippen MR) is 139 cm³/mol. The average molecular weight is 527 g/mol. The van der Waals surface area contributed by atoms with Crippen LogP contribution in [0.4, 0.5) is 0 Å². The van der Waals surface area contributed by atoms with Gasteiger partial charge in [-0.15, -0.1) is 0 Å². The molecule has 1 unspecified atom stereocenters. The van der Waals surface area contributed by atoms with E-state index in [4.69, 9.17) is 23.2 Å². The monoisotopic (exact) mass is 525 g/mol. The van der Waals surface area contributed by atoms with Crippen LogP contribution in [0.5, 0.6) is 0 Å². The Balaban J connectivity index is 1.68. The van der Waals surface area contributed by atoms with E-state index in [2.05, 4.69) is 9.62 Å². The number of carbonyl (C=O) groups is 1. The van der Waals surface area contributed by atoms with Crippen LogP contribution >= 0.6 is 23.2 Å². The summed E-state index contributed by atoms with van der Waals surface area (Å²) in [5, 5.41) is 0.899. The van der Waals surface area contributed by atoms with Gasteiger partial charge in [-0.3, -0.25) is 4.79 Å². The SMILES string of the molecule is Cc1ccc(CN(C)C(=O)C(CCN2CCC(NS(C)(=O)=O)CC2)c2ccc(Cl)c(Cl)c2)cc1. The molecule has 1 amide bonds. The van der Waals surface area contributed by atoms with Crippen LogP contribution in [0.1, 0.15) is 41.9 Å². The van der Waals surface area contributed by atoms with Crippen LogP contribution in [-0.2, 0) is 21.4 Å². The van der Waals surface area contributed by atoms with Gasteiger partial charge in [-0.25, -0.2) is 13.1 Å². The molecule has 3 rings (SSSR count). The zero-order valence-corrected chi connectivity index (χ0v) is 22.3. The van der Waals surface area contributed by atoms with Gasteiger partial charge >= 0.3 is 0 Å². The van der Waals surface area contributed by atoms with Crippen LogP contribution in [-0.4, -0.2) is 63.1 Å². The number of aryl methyl sites for hydroxylation is 1. The molecule has 1 fully saturated rings. The third kappa shape index (κ3) is 7.95. The summed E-state index contributed by atoms with van der Waals surface area (Å²) in [5.74, 6) is -0.315. The number of amides is 1. The summed E-state index contributed by atoms with van der Waals surface area (Å²) in [6.45, 7) is 4.88. The van der Waals surface area contributed by atoms with Crippen LogP contribution in [0, 0.1) is 6.92 Å². The highest BCUT2D eigenvalue weighted by molar-refractivity contribution is 7.88. The van der Waals surface area contributed by atoms with Crippen LogP contribution < -0.4 is 4.72 Å². The number of hydrogen-bond donors (Lipinski definition) is 1. The molecule has 1 heterocycles. The average Bonchev–Trinajstić information content (AvgIpc) is 2.77. The van der Waals surface area contributed by atoms with Gasteiger partial charge in [0.1, 0.15) is 0 Å². The summed E-state index contributed by atoms with van der Waals surface area (Å²) < 4.78 is 25.7. The van der Waals surface area contributed by atoms with Gasteiger partial charge in [-0.05, 0) is 69.1 Å². The fourth-order valence-corrected chi connectivity index (χ4v) is 5.51. The maximum atomic E-state index is 13.5. The first-order valence-corrected chi connectivity index (χ1v) is 14.1. The van der Waals surface area contributed by atoms with E-state index in [-0.39, 0.29) is 17.9 Å². The molecule has 1 aliphatic rings. The summed E-state index contributed by atoms with van der Waals surface area (Å²) in [6, 6.07) is 13.6. The van der Waals surface area contributed by atoms with E-state index in [0.29, 0.717) is 23.0 Å². The maximum absolute atomic E-state index is 13.5. The Morgan fingerprint density at radius 3 is 2.35 bits per heavy atom. The number of piperidine rings is 1. The number of halogens is 2. The second-order valence-electron chi connectivity index (χ2n) is 9.20. The Kier molecular flexibility index (Phi) is 9.41. The third-order valence-electron chi connectivity index (χ3n) is 6.26. The second-order valence-corrected chi connectivity index (χ2v) is 11.8. The van der Waals surface area contributed by atoms with Crippen LogP contribution in [0.2, 0.25) is 10.0 Å². The summed E-state index contributed by atoms with van der Waals surface area (Å²) in [7, 11) is -1.37. The van der Waals surface area contributed by atoms with Crippen molar-refractivity contribution in [2.24, 2.45) is 0 Å². The number of likely N-dealkylation sites (tertiary alicyclic amines) is 1. The van der Waals surface area contributed by atoms with E-state index in [1.165, 1.54) is 11.8 Å². The molecule has 2 aromatic carbocycles. The Labute approximate surface area is 213 Å². The molecule has 1 N–H and O–H groups in total. The maximum Gasteiger partial charge on any atom is 0.230 e. The molecule has 0 aliphatic carbocycles. The van der Waals surface area contributed by atoms with E-state index in [0.717, 1.165) is 43.6 Å². The Morgan fingerprint density at radius 2 is 1.76 bits per heavy atom. The van der Waals surface area contributed by atoms with E-state index in [1.54, 1.807) is 17.0 Å². The molecular weight excluding hydrogens is 493 g/mol. The summed E-state index contributed by atoms with van der Waals surface area (Å²) >= 11 is 12.4. The van der Waals surface area contributed by atoms with Crippen molar-refractivity contribution in [1.29, 1.82) is 0 Å². The van der Waals surface area contributed by atoms with Gasteiger partial charge in [0.05, 0.1) is 22.2 Å². The standard InChI is InChI=1S/C25H33Cl2N3O3S/c1-18-4-6-19(7-5-18)17-29(2)25(31)22(20-8-9-23(26)24(27)16-20)12-15-30-13-10-21(11-14-30)28-34(3,32)33/h4-9,16,21-22,28H,10-15,17H2,1-3H3. The summed E-state index contributed by atoms with van der Waals surface area (Å²) in [5.41, 5.74) is 3.11. The topological polar surface area (TPSA) is 69.7 Å². The Bertz CT molecular complexity index is 1090. The fraction of sp³-hybridized carbons (Fsp3) is 0.480. The van der Waals surface area contributed by atoms with Crippen molar-refractivity contribution in [3.63, 3.8) is 0 Å². The van der Waals surface area contributed by atoms with Gasteiger partial charge in [0, 0.05) is 19.6 Å². The first-order valence-electron chi connectivity index (χ1n) is 11.5. The lowest BCUT2D eigenvalue weighted by Gasteiger charge is -2.33. The number of rotatable bonds is 9. The highest BCUT2D eigenvalue weighted by atomic mass is 35.5. The largest absolute Gasteiger partial charge is 0.341 e. The molecule has 1 saturated heterocycles. The molecule has 6 nitrogen and oxygen atoms in total. The summed E-state index contributed by atoms with van der Waals surface area (Å²) in [6.07, 6.45) is 3.34. The molecule has 186 valence electrons. The van der Waals surface area contributed by atoms with E-state index >= 15 is 0 Å². The molecule has 0 saturated carbocycles. The smallest absolute Gasteiger partial charge is 0.230 e. The number of nitrogens with zero attached hydrogens (tertiary/aromatic N) is 2. The molecule has 0 radical (unpaired) electrons. The van der Waals surface area contributed by atoms with Gasteiger partial charge in [-0.1, -0.05) is 59.1 Å². The van der Waals surface area contributed by atoms with E-state index in [1.807, 2.05) is 44.3 Å². The fourth-order valence-electron chi connectivity index (χ4n) is 4.36. The minimum Gasteiger partial charge on any atom is -0.341 e. The summed E-state index contributed by atoms with van der Waals surface area (Å²) in [4.78, 5) is 17.6. The lowest BCUT2D eigenvalue weighted by atomic mass is 9.93. The zero-order chi connectivity index (χ0) is 24.9. The van der Waals surface area contributed by atoms with Crippen molar-refractivity contribution < 1.29 is 13.2 Å². The van der Waals surface area contributed by atoms with Gasteiger partial charge in [0.25, 0.3) is 0 Å². The molecule has 0 spiro atoms. The number of sulfonamides is 1. The molecule has 1 aliphatic heterocycles. The highest BCUT2D eigenvalue weighted by Gasteiger charge is 2.27.